The van der Waals surface area contributed by atoms with Crippen LogP contribution in [0, 0.1) is 0 Å². The van der Waals surface area contributed by atoms with E-state index >= 15 is 0 Å². The number of anilines is 1. The lowest BCUT2D eigenvalue weighted by Gasteiger charge is -2.28. The van der Waals surface area contributed by atoms with Crippen LogP contribution in [-0.4, -0.2) is 82.8 Å². The van der Waals surface area contributed by atoms with Crippen molar-refractivity contribution in [3.63, 3.8) is 0 Å². The van der Waals surface area contributed by atoms with Crippen LogP contribution in [0.1, 0.15) is 22.6 Å². The number of likely N-dealkylation sites (N-methyl/N-ethyl adjacent to an activating group) is 1. The van der Waals surface area contributed by atoms with E-state index in [0.29, 0.717) is 38.5 Å². The number of nitrogens with zero attached hydrogens (tertiary/aromatic N) is 7. The Labute approximate surface area is 205 Å². The van der Waals surface area contributed by atoms with Crippen LogP contribution in [0.4, 0.5) is 5.82 Å². The van der Waals surface area contributed by atoms with Gasteiger partial charge < -0.3 is 23.7 Å². The lowest BCUT2D eigenvalue weighted by molar-refractivity contribution is 0.122. The van der Waals surface area contributed by atoms with Crippen LogP contribution in [0.3, 0.4) is 0 Å². The Hall–Kier alpha value is -3.56. The monoisotopic (exact) mass is 473 g/mol. The van der Waals surface area contributed by atoms with Crippen LogP contribution in [-0.2, 0) is 17.6 Å². The molecule has 0 radical (unpaired) electrons. The highest BCUT2D eigenvalue weighted by Crippen LogP contribution is 2.19. The molecule has 0 unspecified atom stereocenters. The maximum absolute atomic E-state index is 5.72. The Balaban J connectivity index is 1.35. The minimum atomic E-state index is 0.607. The van der Waals surface area contributed by atoms with Crippen molar-refractivity contribution >= 4 is 11.5 Å². The predicted molar refractivity (Wildman–Crippen MR) is 134 cm³/mol. The summed E-state index contributed by atoms with van der Waals surface area (Å²) in [6.07, 6.45) is 8.97. The number of ether oxygens (including phenoxy) is 2. The fourth-order valence-corrected chi connectivity index (χ4v) is 4.05. The zero-order chi connectivity index (χ0) is 24.0. The van der Waals surface area contributed by atoms with Gasteiger partial charge in [0.25, 0.3) is 0 Å². The highest BCUT2D eigenvalue weighted by atomic mass is 16.5. The minimum Gasteiger partial charge on any atom is -0.476 e. The van der Waals surface area contributed by atoms with Gasteiger partial charge in [-0.1, -0.05) is 6.07 Å². The summed E-state index contributed by atoms with van der Waals surface area (Å²) >= 11 is 0. The molecule has 4 aromatic rings. The summed E-state index contributed by atoms with van der Waals surface area (Å²) < 4.78 is 13.3. The molecular formula is C26H31N7O2. The van der Waals surface area contributed by atoms with Gasteiger partial charge in [-0.2, -0.15) is 0 Å². The number of hydrogen-bond donors (Lipinski definition) is 0. The van der Waals surface area contributed by atoms with Gasteiger partial charge in [0.1, 0.15) is 23.9 Å². The first-order valence-corrected chi connectivity index (χ1v) is 12.0. The Kier molecular flexibility index (Phi) is 7.15. The number of imidazole rings is 1. The van der Waals surface area contributed by atoms with Gasteiger partial charge in [-0.25, -0.2) is 19.9 Å². The van der Waals surface area contributed by atoms with Crippen molar-refractivity contribution in [3.05, 3.63) is 77.8 Å². The molecule has 5 rings (SSSR count). The zero-order valence-corrected chi connectivity index (χ0v) is 20.3. The Morgan fingerprint density at radius 1 is 0.971 bits per heavy atom. The molecule has 9 heteroatoms. The molecule has 0 spiro atoms. The van der Waals surface area contributed by atoms with Gasteiger partial charge in [-0.05, 0) is 37.4 Å². The van der Waals surface area contributed by atoms with E-state index < -0.39 is 0 Å². The number of aromatic nitrogens is 5. The largest absolute Gasteiger partial charge is 0.476 e. The van der Waals surface area contributed by atoms with E-state index in [1.807, 2.05) is 55.4 Å². The first-order valence-electron chi connectivity index (χ1n) is 12.0. The maximum Gasteiger partial charge on any atom is 0.213 e. The topological polar surface area (TPSA) is 80.9 Å². The van der Waals surface area contributed by atoms with Gasteiger partial charge in [-0.3, -0.25) is 0 Å². The molecule has 35 heavy (non-hydrogen) atoms. The minimum absolute atomic E-state index is 0.607. The number of fused-ring (bicyclic) bond motifs is 1. The summed E-state index contributed by atoms with van der Waals surface area (Å²) in [5, 5.41) is 0. The summed E-state index contributed by atoms with van der Waals surface area (Å²) in [6, 6.07) is 10.3. The van der Waals surface area contributed by atoms with Crippen molar-refractivity contribution in [2.75, 3.05) is 58.5 Å². The van der Waals surface area contributed by atoms with Gasteiger partial charge in [0, 0.05) is 69.4 Å². The quantitative estimate of drug-likeness (QED) is 0.367. The summed E-state index contributed by atoms with van der Waals surface area (Å²) in [4.78, 5) is 23.1. The van der Waals surface area contributed by atoms with E-state index in [9.17, 15) is 0 Å². The highest BCUT2D eigenvalue weighted by molar-refractivity contribution is 5.45. The molecule has 1 aliphatic heterocycles. The Morgan fingerprint density at radius 2 is 1.86 bits per heavy atom. The third kappa shape index (κ3) is 6.12. The molecule has 1 fully saturated rings. The van der Waals surface area contributed by atoms with Crippen molar-refractivity contribution in [3.8, 4) is 5.88 Å². The molecule has 4 aromatic heterocycles. The molecule has 9 nitrogen and oxygen atoms in total. The van der Waals surface area contributed by atoms with Gasteiger partial charge in [-0.15, -0.1) is 0 Å². The molecule has 5 heterocycles. The first-order chi connectivity index (χ1) is 17.1. The van der Waals surface area contributed by atoms with E-state index in [2.05, 4.69) is 38.0 Å². The van der Waals surface area contributed by atoms with E-state index in [4.69, 9.17) is 19.4 Å². The van der Waals surface area contributed by atoms with Crippen LogP contribution in [0.2, 0.25) is 0 Å². The first kappa shape index (κ1) is 23.2. The molecule has 1 aliphatic rings. The van der Waals surface area contributed by atoms with Gasteiger partial charge in [0.05, 0.1) is 18.9 Å². The molecule has 0 aromatic carbocycles. The second-order valence-electron chi connectivity index (χ2n) is 8.97. The zero-order valence-electron chi connectivity index (χ0n) is 20.3. The average molecular weight is 474 g/mol. The van der Waals surface area contributed by atoms with Crippen molar-refractivity contribution < 1.29 is 9.47 Å². The molecule has 0 atom stereocenters. The van der Waals surface area contributed by atoms with Gasteiger partial charge in [0.15, 0.2) is 0 Å². The summed E-state index contributed by atoms with van der Waals surface area (Å²) in [7, 11) is 4.05. The number of hydrogen-bond acceptors (Lipinski definition) is 8. The summed E-state index contributed by atoms with van der Waals surface area (Å²) in [5.74, 6) is 2.37. The van der Waals surface area contributed by atoms with E-state index in [-0.39, 0.29) is 0 Å². The molecule has 0 bridgehead atoms. The van der Waals surface area contributed by atoms with Crippen molar-refractivity contribution in [2.24, 2.45) is 0 Å². The third-order valence-corrected chi connectivity index (χ3v) is 5.94. The normalized spacial score (nSPS) is 14.1. The Bertz CT molecular complexity index is 1250. The average Bonchev–Trinajstić information content (AvgIpc) is 3.33. The van der Waals surface area contributed by atoms with Crippen molar-refractivity contribution in [1.29, 1.82) is 0 Å². The van der Waals surface area contributed by atoms with Gasteiger partial charge in [0.2, 0.25) is 5.88 Å². The van der Waals surface area contributed by atoms with E-state index in [1.165, 1.54) is 5.56 Å². The number of pyridine rings is 2. The second kappa shape index (κ2) is 10.8. The van der Waals surface area contributed by atoms with Crippen LogP contribution >= 0.6 is 0 Å². The fraction of sp³-hybridized carbons (Fsp3) is 0.385. The number of rotatable bonds is 9. The highest BCUT2D eigenvalue weighted by Gasteiger charge is 2.16. The van der Waals surface area contributed by atoms with Crippen LogP contribution in [0.5, 0.6) is 5.88 Å². The molecular weight excluding hydrogens is 442 g/mol. The SMILES string of the molecule is CN(C)CCOc1ccc(Cc2nc(Cc3ccn4ccnc4c3)cc(N3CCOCC3)n2)cn1. The molecule has 0 amide bonds. The predicted octanol–water partition coefficient (Wildman–Crippen LogP) is 2.48. The third-order valence-electron chi connectivity index (χ3n) is 5.94. The van der Waals surface area contributed by atoms with E-state index in [0.717, 1.165) is 48.2 Å². The lowest BCUT2D eigenvalue weighted by Crippen LogP contribution is -2.37. The maximum atomic E-state index is 5.72. The van der Waals surface area contributed by atoms with Crippen molar-refractivity contribution in [1.82, 2.24) is 29.2 Å². The summed E-state index contributed by atoms with van der Waals surface area (Å²) in [5.41, 5.74) is 4.14. The fourth-order valence-electron chi connectivity index (χ4n) is 4.05. The number of morpholine rings is 1. The van der Waals surface area contributed by atoms with E-state index in [1.54, 1.807) is 0 Å². The molecule has 0 saturated carbocycles. The summed E-state index contributed by atoms with van der Waals surface area (Å²) in [6.45, 7) is 4.54. The second-order valence-corrected chi connectivity index (χ2v) is 8.97. The van der Waals surface area contributed by atoms with Crippen LogP contribution in [0.15, 0.2) is 55.1 Å². The van der Waals surface area contributed by atoms with Crippen LogP contribution < -0.4 is 9.64 Å². The smallest absolute Gasteiger partial charge is 0.213 e. The molecule has 0 aliphatic carbocycles. The Morgan fingerprint density at radius 3 is 2.66 bits per heavy atom. The lowest BCUT2D eigenvalue weighted by atomic mass is 10.1. The standard InChI is InChI=1S/C26H31N7O2/c1-31(2)9-14-35-26-4-3-21(19-28-26)16-23-29-22(18-25(30-23)33-10-12-34-13-11-33)15-20-5-7-32-8-6-27-24(32)17-20/h3-8,17-19H,9-16H2,1-2H3. The van der Waals surface area contributed by atoms with Crippen LogP contribution in [0.25, 0.3) is 5.65 Å². The molecule has 0 N–H and O–H groups in total. The molecule has 182 valence electrons. The van der Waals surface area contributed by atoms with Crippen molar-refractivity contribution in [2.45, 2.75) is 12.8 Å². The van der Waals surface area contributed by atoms with Gasteiger partial charge >= 0.3 is 0 Å². The molecule has 1 saturated heterocycles.